The number of methoxy groups -OCH3 is 2. The van der Waals surface area contributed by atoms with Crippen molar-refractivity contribution >= 4 is 67.2 Å². The Kier molecular flexibility index (Phi) is 17.0. The summed E-state index contributed by atoms with van der Waals surface area (Å²) < 4.78 is 33.9. The second-order valence-corrected chi connectivity index (χ2v) is 21.0. The first kappa shape index (κ1) is 59.4. The number of aromatic nitrogens is 15. The fraction of sp³-hybridized carbons (Fsp3) is 0.101. The third-order valence-electron chi connectivity index (χ3n) is 14.8. The van der Waals surface area contributed by atoms with Crippen LogP contribution in [0, 0.1) is 11.3 Å². The largest absolute Gasteiger partial charge is 0.497 e. The summed E-state index contributed by atoms with van der Waals surface area (Å²) in [5.74, 6) is 5.02. The Morgan fingerprint density at radius 1 is 0.516 bits per heavy atom. The highest BCUT2D eigenvalue weighted by molar-refractivity contribution is 6.34. The van der Waals surface area contributed by atoms with Crippen LogP contribution in [0.15, 0.2) is 207 Å². The van der Waals surface area contributed by atoms with Gasteiger partial charge in [-0.3, -0.25) is 19.7 Å². The van der Waals surface area contributed by atoms with Gasteiger partial charge >= 0.3 is 0 Å². The molecule has 0 unspecified atom stereocenters. The molecule has 0 fully saturated rings. The van der Waals surface area contributed by atoms with Gasteiger partial charge in [0.2, 0.25) is 0 Å². The van der Waals surface area contributed by atoms with E-state index in [9.17, 15) is 4.79 Å². The van der Waals surface area contributed by atoms with Crippen molar-refractivity contribution in [1.82, 2.24) is 79.7 Å². The molecule has 15 rings (SSSR count). The molecule has 6 aromatic carbocycles. The van der Waals surface area contributed by atoms with Gasteiger partial charge in [-0.25, -0.2) is 0 Å². The average Bonchev–Trinajstić information content (AvgIpc) is 1.87. The first-order valence-corrected chi connectivity index (χ1v) is 29.3. The molecule has 9 heterocycles. The molecule has 0 aliphatic rings. The first-order chi connectivity index (χ1) is 45.6. The highest BCUT2D eigenvalue weighted by Crippen LogP contribution is 2.33. The number of halogens is 1. The molecule has 9 aromatic heterocycles. The highest BCUT2D eigenvalue weighted by Gasteiger charge is 2.20. The van der Waals surface area contributed by atoms with E-state index >= 15 is 0 Å². The van der Waals surface area contributed by atoms with Gasteiger partial charge in [0.25, 0.3) is 5.91 Å². The number of amides is 1. The van der Waals surface area contributed by atoms with Crippen LogP contribution in [-0.2, 0) is 13.2 Å². The fourth-order valence-corrected chi connectivity index (χ4v) is 10.4. The van der Waals surface area contributed by atoms with Crippen LogP contribution in [0.25, 0.3) is 83.4 Å². The first-order valence-electron chi connectivity index (χ1n) is 29.0. The Bertz CT molecular complexity index is 5280. The SMILES string of the molecule is CNC(=O)c1ccc(-c2ccc3nnc(COc4ccnc5cc(OC)ccc45)n3n2)cc1Cl.COc1ccc2c(O[C@@H](C)c3nnc4ccc(-c5ccccc5)nn34)ccnc2c1.N#Cc1ccc2c(OCc3nnc4ccc(-c5ccccc5)nn34)ccnc2c1. The number of benzene rings is 6. The molecule has 0 saturated carbocycles. The van der Waals surface area contributed by atoms with Crippen molar-refractivity contribution in [3.8, 4) is 68.6 Å². The van der Waals surface area contributed by atoms with Crippen LogP contribution in [0.5, 0.6) is 28.7 Å². The lowest BCUT2D eigenvalue weighted by atomic mass is 10.1. The van der Waals surface area contributed by atoms with E-state index in [2.05, 4.69) is 67.1 Å². The smallest absolute Gasteiger partial charge is 0.252 e. The zero-order valence-electron chi connectivity index (χ0n) is 50.1. The lowest BCUT2D eigenvalue weighted by molar-refractivity contribution is 0.0963. The standard InChI is InChI=1S/C24H19ClN6O3.C23H19N5O2.C22H14N6O/c1-26-24(32)16-5-3-14(11-18(16)25)19-7-8-22-28-29-23(31(22)30-19)13-34-21-9-10-27-20-12-15(33-2)4-6-17(20)21;1-15(30-21-12-13-24-20-14-17(29-2)8-9-18(20)21)23-26-25-22-11-10-19(27-28(22)23)16-6-4-3-5-7-16;23-13-15-6-7-17-19(12-15)24-11-10-20(17)29-14-22-26-25-21-9-8-18(27-28(21)22)16-4-2-1-3-5-16/h3-12H,13H2,1-2H3,(H,26,32);3-15H,1-2H3;1-12H,14H2/t;15-;/m.0./s1. The molecule has 0 radical (unpaired) electrons. The summed E-state index contributed by atoms with van der Waals surface area (Å²) in [6.45, 7) is 2.29. The molecule has 93 heavy (non-hydrogen) atoms. The minimum absolute atomic E-state index is 0.152. The fourth-order valence-electron chi connectivity index (χ4n) is 10.1. The van der Waals surface area contributed by atoms with Gasteiger partial charge in [-0.15, -0.1) is 30.6 Å². The lowest BCUT2D eigenvalue weighted by Crippen LogP contribution is -2.18. The molecule has 0 saturated heterocycles. The van der Waals surface area contributed by atoms with Crippen molar-refractivity contribution in [3.05, 3.63) is 240 Å². The van der Waals surface area contributed by atoms with E-state index in [4.69, 9.17) is 45.6 Å². The maximum Gasteiger partial charge on any atom is 0.252 e. The van der Waals surface area contributed by atoms with Gasteiger partial charge in [-0.05, 0) is 116 Å². The van der Waals surface area contributed by atoms with Crippen molar-refractivity contribution in [2.24, 2.45) is 0 Å². The number of nitriles is 1. The van der Waals surface area contributed by atoms with Gasteiger partial charge in [0, 0.05) is 70.6 Å². The molecule has 0 aliphatic heterocycles. The number of pyridine rings is 3. The summed E-state index contributed by atoms with van der Waals surface area (Å²) in [7, 11) is 4.81. The van der Waals surface area contributed by atoms with E-state index in [1.165, 1.54) is 0 Å². The van der Waals surface area contributed by atoms with Gasteiger partial charge < -0.3 is 29.0 Å². The Morgan fingerprint density at radius 3 is 1.51 bits per heavy atom. The Hall–Kier alpha value is -12.6. The quantitative estimate of drug-likeness (QED) is 0.0999. The molecule has 23 nitrogen and oxygen atoms in total. The summed E-state index contributed by atoms with van der Waals surface area (Å²) in [5, 5.41) is 54.0. The third-order valence-corrected chi connectivity index (χ3v) is 15.2. The van der Waals surface area contributed by atoms with Crippen LogP contribution < -0.4 is 29.0 Å². The number of carbonyl (C=O) groups is 1. The summed E-state index contributed by atoms with van der Waals surface area (Å²) in [6.07, 6.45) is 4.69. The van der Waals surface area contributed by atoms with Crippen LogP contribution in [-0.4, -0.2) is 102 Å². The summed E-state index contributed by atoms with van der Waals surface area (Å²) in [5.41, 5.74) is 10.3. The van der Waals surface area contributed by atoms with Crippen molar-refractivity contribution in [2.75, 3.05) is 21.3 Å². The second-order valence-electron chi connectivity index (χ2n) is 20.6. The molecular weight excluding hydrogens is 1200 g/mol. The summed E-state index contributed by atoms with van der Waals surface area (Å²) >= 11 is 6.31. The van der Waals surface area contributed by atoms with Gasteiger partial charge in [0.05, 0.1) is 70.1 Å². The monoisotopic (exact) mass is 1250 g/mol. The van der Waals surface area contributed by atoms with Gasteiger partial charge in [0.15, 0.2) is 40.5 Å². The van der Waals surface area contributed by atoms with E-state index < -0.39 is 0 Å². The van der Waals surface area contributed by atoms with E-state index in [1.807, 2.05) is 153 Å². The number of carbonyl (C=O) groups excluding carboxylic acids is 1. The molecule has 24 heteroatoms. The predicted octanol–water partition coefficient (Wildman–Crippen LogP) is 12.2. The zero-order chi connectivity index (χ0) is 63.8. The molecule has 1 amide bonds. The van der Waals surface area contributed by atoms with Crippen LogP contribution in [0.2, 0.25) is 5.02 Å². The Balaban J connectivity index is 0.000000127. The van der Waals surface area contributed by atoms with Crippen LogP contribution in [0.4, 0.5) is 0 Å². The van der Waals surface area contributed by atoms with Crippen molar-refractivity contribution in [2.45, 2.75) is 26.2 Å². The molecule has 0 aliphatic carbocycles. The summed E-state index contributed by atoms with van der Waals surface area (Å²) in [4.78, 5) is 25.0. The topological polar surface area (TPSA) is 267 Å². The van der Waals surface area contributed by atoms with E-state index in [-0.39, 0.29) is 25.2 Å². The minimum atomic E-state index is -0.369. The number of ether oxygens (including phenoxy) is 5. The predicted molar refractivity (Wildman–Crippen MR) is 348 cm³/mol. The number of nitrogens with one attached hydrogen (secondary N) is 1. The number of hydrogen-bond acceptors (Lipinski definition) is 19. The highest BCUT2D eigenvalue weighted by atomic mass is 35.5. The number of rotatable bonds is 15. The number of nitrogens with zero attached hydrogens (tertiary/aromatic N) is 16. The Labute approximate surface area is 534 Å². The van der Waals surface area contributed by atoms with E-state index in [0.717, 1.165) is 66.8 Å². The number of hydrogen-bond donors (Lipinski definition) is 1. The Morgan fingerprint density at radius 2 is 0.989 bits per heavy atom. The number of fused-ring (bicyclic) bond motifs is 6. The van der Waals surface area contributed by atoms with E-state index in [0.29, 0.717) is 79.0 Å². The molecule has 0 spiro atoms. The van der Waals surface area contributed by atoms with E-state index in [1.54, 1.807) is 95.9 Å². The minimum Gasteiger partial charge on any atom is -0.497 e. The molecule has 0 bridgehead atoms. The lowest BCUT2D eigenvalue weighted by Gasteiger charge is -2.15. The molecule has 456 valence electrons. The van der Waals surface area contributed by atoms with Crippen molar-refractivity contribution < 1.29 is 28.5 Å². The van der Waals surface area contributed by atoms with Crippen molar-refractivity contribution in [3.63, 3.8) is 0 Å². The van der Waals surface area contributed by atoms with Crippen LogP contribution in [0.1, 0.15) is 46.4 Å². The van der Waals surface area contributed by atoms with Gasteiger partial charge in [0.1, 0.15) is 42.0 Å². The maximum atomic E-state index is 11.9. The average molecular weight is 1250 g/mol. The van der Waals surface area contributed by atoms with Gasteiger partial charge in [-0.1, -0.05) is 78.3 Å². The summed E-state index contributed by atoms with van der Waals surface area (Å²) in [6, 6.07) is 60.6. The van der Waals surface area contributed by atoms with Crippen molar-refractivity contribution in [1.29, 1.82) is 5.26 Å². The molecule has 15 aromatic rings. The second kappa shape index (κ2) is 26.7. The van der Waals surface area contributed by atoms with Crippen LogP contribution in [0.3, 0.4) is 0 Å². The zero-order valence-corrected chi connectivity index (χ0v) is 50.9. The molecule has 1 atom stereocenters. The third kappa shape index (κ3) is 12.7. The van der Waals surface area contributed by atoms with Crippen LogP contribution >= 0.6 is 11.6 Å². The molecule has 1 N–H and O–H groups in total. The van der Waals surface area contributed by atoms with Gasteiger partial charge in [-0.2, -0.15) is 34.1 Å². The maximum absolute atomic E-state index is 11.9. The molecular formula is C69H52ClN17O6. The normalized spacial score (nSPS) is 11.4.